The zero-order chi connectivity index (χ0) is 15.6. The lowest BCUT2D eigenvalue weighted by Crippen LogP contribution is -2.30. The van der Waals surface area contributed by atoms with Gasteiger partial charge in [-0.1, -0.05) is 11.6 Å². The van der Waals surface area contributed by atoms with E-state index >= 15 is 0 Å². The number of benzene rings is 1. The van der Waals surface area contributed by atoms with E-state index < -0.39 is 10.9 Å². The molecule has 2 rings (SSSR count). The Morgan fingerprint density at radius 2 is 2.14 bits per heavy atom. The number of carbonyl (C=O) groups excluding carboxylic acids is 1. The lowest BCUT2D eigenvalue weighted by Gasteiger charge is -2.24. The Labute approximate surface area is 124 Å². The van der Waals surface area contributed by atoms with E-state index in [1.807, 2.05) is 0 Å². The number of halogens is 1. The van der Waals surface area contributed by atoms with Crippen molar-refractivity contribution in [1.82, 2.24) is 5.32 Å². The lowest BCUT2D eigenvalue weighted by molar-refractivity contribution is -0.384. The topological polar surface area (TPSA) is 113 Å². The number of carboxylic acids is 1. The van der Waals surface area contributed by atoms with Crippen LogP contribution in [-0.4, -0.2) is 41.5 Å². The molecule has 0 spiro atoms. The molecule has 1 saturated heterocycles. The van der Waals surface area contributed by atoms with Crippen molar-refractivity contribution >= 4 is 34.9 Å². The Morgan fingerprint density at radius 3 is 2.76 bits per heavy atom. The van der Waals surface area contributed by atoms with Crippen LogP contribution in [0.15, 0.2) is 12.1 Å². The molecule has 1 aliphatic heterocycles. The molecule has 1 aromatic rings. The number of amides is 1. The molecule has 9 heteroatoms. The first-order chi connectivity index (χ1) is 9.90. The van der Waals surface area contributed by atoms with E-state index in [9.17, 15) is 24.8 Å². The summed E-state index contributed by atoms with van der Waals surface area (Å²) in [5, 5.41) is 22.7. The third kappa shape index (κ3) is 3.22. The molecule has 1 aliphatic rings. The lowest BCUT2D eigenvalue weighted by atomic mass is 10.1. The normalized spacial score (nSPS) is 15.3. The maximum atomic E-state index is 11.4. The van der Waals surface area contributed by atoms with E-state index in [2.05, 4.69) is 5.32 Å². The molecule has 0 unspecified atom stereocenters. The minimum atomic E-state index is -1.31. The Bertz CT molecular complexity index is 619. The minimum absolute atomic E-state index is 0.0176. The first-order valence-electron chi connectivity index (χ1n) is 6.13. The van der Waals surface area contributed by atoms with Crippen molar-refractivity contribution in [2.24, 2.45) is 0 Å². The number of carbonyl (C=O) groups is 2. The molecule has 0 aliphatic carbocycles. The van der Waals surface area contributed by atoms with Gasteiger partial charge in [0.15, 0.2) is 0 Å². The largest absolute Gasteiger partial charge is 0.478 e. The maximum absolute atomic E-state index is 11.4. The van der Waals surface area contributed by atoms with Crippen LogP contribution in [0.4, 0.5) is 11.4 Å². The monoisotopic (exact) mass is 313 g/mol. The zero-order valence-corrected chi connectivity index (χ0v) is 11.6. The second kappa shape index (κ2) is 5.96. The van der Waals surface area contributed by atoms with Gasteiger partial charge in [0.2, 0.25) is 5.91 Å². The number of nitro benzene ring substituents is 1. The number of nitrogens with zero attached hydrogens (tertiary/aromatic N) is 2. The highest BCUT2D eigenvalue weighted by Gasteiger charge is 2.25. The summed E-state index contributed by atoms with van der Waals surface area (Å²) in [4.78, 5) is 34.4. The summed E-state index contributed by atoms with van der Waals surface area (Å²) < 4.78 is 0. The van der Waals surface area contributed by atoms with Crippen molar-refractivity contribution in [3.8, 4) is 0 Å². The summed E-state index contributed by atoms with van der Waals surface area (Å²) in [5.41, 5.74) is -0.431. The van der Waals surface area contributed by atoms with Crippen LogP contribution < -0.4 is 10.2 Å². The maximum Gasteiger partial charge on any atom is 0.338 e. The third-order valence-corrected chi connectivity index (χ3v) is 3.41. The fourth-order valence-electron chi connectivity index (χ4n) is 2.17. The predicted molar refractivity (Wildman–Crippen MR) is 74.9 cm³/mol. The standard InChI is InChI=1S/C12H12ClN3O5/c13-9-6-7(16(20)21)5-8(12(18)19)11(9)15-3-1-10(17)14-2-4-15/h5-6H,1-4H2,(H,14,17)(H,18,19). The Morgan fingerprint density at radius 1 is 1.43 bits per heavy atom. The van der Waals surface area contributed by atoms with Gasteiger partial charge in [0, 0.05) is 38.2 Å². The number of non-ortho nitro benzene ring substituents is 1. The Balaban J connectivity index is 2.48. The number of anilines is 1. The van der Waals surface area contributed by atoms with Gasteiger partial charge in [-0.05, 0) is 0 Å². The van der Waals surface area contributed by atoms with Crippen LogP contribution in [0.3, 0.4) is 0 Å². The van der Waals surface area contributed by atoms with E-state index in [0.29, 0.717) is 19.6 Å². The van der Waals surface area contributed by atoms with Crippen molar-refractivity contribution in [1.29, 1.82) is 0 Å². The fourth-order valence-corrected chi connectivity index (χ4v) is 2.50. The summed E-state index contributed by atoms with van der Waals surface area (Å²) in [5.74, 6) is -1.44. The van der Waals surface area contributed by atoms with E-state index in [-0.39, 0.29) is 34.3 Å². The van der Waals surface area contributed by atoms with Crippen LogP contribution in [-0.2, 0) is 4.79 Å². The van der Waals surface area contributed by atoms with Gasteiger partial charge in [-0.2, -0.15) is 0 Å². The molecule has 2 N–H and O–H groups in total. The van der Waals surface area contributed by atoms with E-state index in [4.69, 9.17) is 11.6 Å². The van der Waals surface area contributed by atoms with Gasteiger partial charge in [-0.3, -0.25) is 14.9 Å². The number of carboxylic acid groups (broad SMARTS) is 1. The molecule has 0 radical (unpaired) electrons. The first kappa shape index (κ1) is 15.0. The Hall–Kier alpha value is -2.35. The Kier molecular flexibility index (Phi) is 4.27. The molecular weight excluding hydrogens is 302 g/mol. The van der Waals surface area contributed by atoms with E-state index in [1.54, 1.807) is 4.90 Å². The van der Waals surface area contributed by atoms with Gasteiger partial charge in [0.1, 0.15) is 0 Å². The highest BCUT2D eigenvalue weighted by molar-refractivity contribution is 6.34. The average molecular weight is 314 g/mol. The molecule has 0 bridgehead atoms. The smallest absolute Gasteiger partial charge is 0.338 e. The summed E-state index contributed by atoms with van der Waals surface area (Å²) in [6, 6.07) is 2.09. The highest BCUT2D eigenvalue weighted by atomic mass is 35.5. The van der Waals surface area contributed by atoms with Gasteiger partial charge in [-0.15, -0.1) is 0 Å². The summed E-state index contributed by atoms with van der Waals surface area (Å²) in [6.45, 7) is 1.03. The SMILES string of the molecule is O=C1CCN(c2c(Cl)cc([N+](=O)[O-])cc2C(=O)O)CCN1. The van der Waals surface area contributed by atoms with Crippen molar-refractivity contribution in [3.05, 3.63) is 32.8 Å². The summed E-state index contributed by atoms with van der Waals surface area (Å²) in [7, 11) is 0. The molecular formula is C12H12ClN3O5. The van der Waals surface area contributed by atoms with Crippen molar-refractivity contribution in [2.75, 3.05) is 24.5 Å². The second-order valence-electron chi connectivity index (χ2n) is 4.47. The number of nitro groups is 1. The van der Waals surface area contributed by atoms with Gasteiger partial charge in [-0.25, -0.2) is 4.79 Å². The zero-order valence-electron chi connectivity index (χ0n) is 10.8. The molecule has 0 atom stereocenters. The molecule has 1 amide bonds. The van der Waals surface area contributed by atoms with Gasteiger partial charge in [0.05, 0.1) is 21.2 Å². The molecule has 1 fully saturated rings. The molecule has 112 valence electrons. The van der Waals surface area contributed by atoms with Crippen molar-refractivity contribution in [2.45, 2.75) is 6.42 Å². The molecule has 1 heterocycles. The molecule has 0 saturated carbocycles. The average Bonchev–Trinajstić information content (AvgIpc) is 2.62. The van der Waals surface area contributed by atoms with E-state index in [0.717, 1.165) is 12.1 Å². The van der Waals surface area contributed by atoms with E-state index in [1.165, 1.54) is 0 Å². The second-order valence-corrected chi connectivity index (χ2v) is 4.88. The number of hydrogen-bond donors (Lipinski definition) is 2. The first-order valence-corrected chi connectivity index (χ1v) is 6.51. The van der Waals surface area contributed by atoms with Crippen LogP contribution in [0.2, 0.25) is 5.02 Å². The molecule has 8 nitrogen and oxygen atoms in total. The van der Waals surface area contributed by atoms with Crippen LogP contribution in [0.25, 0.3) is 0 Å². The van der Waals surface area contributed by atoms with Crippen LogP contribution in [0.5, 0.6) is 0 Å². The number of hydrogen-bond acceptors (Lipinski definition) is 5. The van der Waals surface area contributed by atoms with Crippen molar-refractivity contribution < 1.29 is 19.6 Å². The highest BCUT2D eigenvalue weighted by Crippen LogP contribution is 2.34. The summed E-state index contributed by atoms with van der Waals surface area (Å²) in [6.07, 6.45) is 0.201. The van der Waals surface area contributed by atoms with Gasteiger partial charge in [0.25, 0.3) is 5.69 Å². The third-order valence-electron chi connectivity index (χ3n) is 3.12. The number of nitrogens with one attached hydrogen (secondary N) is 1. The van der Waals surface area contributed by atoms with Crippen LogP contribution >= 0.6 is 11.6 Å². The molecule has 21 heavy (non-hydrogen) atoms. The van der Waals surface area contributed by atoms with Crippen LogP contribution in [0.1, 0.15) is 16.8 Å². The molecule has 1 aromatic carbocycles. The van der Waals surface area contributed by atoms with Gasteiger partial charge >= 0.3 is 5.97 Å². The number of aromatic carboxylic acids is 1. The quantitative estimate of drug-likeness (QED) is 0.642. The van der Waals surface area contributed by atoms with Crippen LogP contribution in [0, 0.1) is 10.1 Å². The number of rotatable bonds is 3. The fraction of sp³-hybridized carbons (Fsp3) is 0.333. The van der Waals surface area contributed by atoms with Gasteiger partial charge < -0.3 is 15.3 Å². The molecule has 0 aromatic heterocycles. The summed E-state index contributed by atoms with van der Waals surface area (Å²) >= 11 is 6.03. The predicted octanol–water partition coefficient (Wildman–Crippen LogP) is 1.27. The minimum Gasteiger partial charge on any atom is -0.478 e. The van der Waals surface area contributed by atoms with Crippen molar-refractivity contribution in [3.63, 3.8) is 0 Å².